The van der Waals surface area contributed by atoms with E-state index in [-0.39, 0.29) is 5.91 Å². The van der Waals surface area contributed by atoms with E-state index in [4.69, 9.17) is 1.37 Å². The van der Waals surface area contributed by atoms with Crippen molar-refractivity contribution in [2.75, 3.05) is 13.1 Å². The van der Waals surface area contributed by atoms with Crippen molar-refractivity contribution >= 4 is 5.91 Å². The summed E-state index contributed by atoms with van der Waals surface area (Å²) in [5.41, 5.74) is 0. The molecule has 0 aliphatic heterocycles. The van der Waals surface area contributed by atoms with Crippen LogP contribution in [0.25, 0.3) is 0 Å². The van der Waals surface area contributed by atoms with Crippen molar-refractivity contribution in [1.29, 1.82) is 0 Å². The largest absolute Gasteiger partial charge is 0.339 e. The van der Waals surface area contributed by atoms with Crippen LogP contribution in [0.5, 0.6) is 0 Å². The maximum atomic E-state index is 11.1. The molecule has 0 saturated heterocycles. The fourth-order valence-corrected chi connectivity index (χ4v) is 0.898. The number of hydrogen-bond acceptors (Lipinski definition) is 1. The van der Waals surface area contributed by atoms with Crippen LogP contribution in [0.4, 0.5) is 0 Å². The zero-order valence-corrected chi connectivity index (χ0v) is 8.26. The Bertz CT molecular complexity index is 189. The Hall–Kier alpha value is -0.790. The van der Waals surface area contributed by atoms with Crippen molar-refractivity contribution in [2.45, 2.75) is 33.6 Å². The monoisotopic (exact) mass is 170 g/mol. The van der Waals surface area contributed by atoms with E-state index in [1.807, 2.05) is 6.92 Å². The fraction of sp³-hybridized carbons (Fsp3) is 0.700. The molecule has 0 atom stereocenters. The van der Waals surface area contributed by atoms with E-state index in [2.05, 4.69) is 6.92 Å². The number of amides is 1. The molecule has 0 N–H and O–H groups in total. The van der Waals surface area contributed by atoms with Crippen molar-refractivity contribution < 1.29 is 6.17 Å². The summed E-state index contributed by atoms with van der Waals surface area (Å²) in [7, 11) is 0. The standard InChI is InChI=1S/C10H19NO/c1-4-6-8-11(10(3)12)9-7-5-2/h4,6H,5,7-9H2,1-3H3/b6-4+/i6D. The molecule has 0 aliphatic rings. The molecule has 1 amide bonds. The van der Waals surface area contributed by atoms with E-state index < -0.39 is 0 Å². The number of carbonyl (C=O) groups excluding carboxylic acids is 1. The highest BCUT2D eigenvalue weighted by atomic mass is 16.2. The SMILES string of the molecule is [2H]/C(=C\C)CN(CCCC)C(C)=O. The summed E-state index contributed by atoms with van der Waals surface area (Å²) in [6.45, 7) is 6.68. The second kappa shape index (κ2) is 6.89. The zero-order chi connectivity index (χ0) is 10.3. The molecule has 0 aliphatic carbocycles. The van der Waals surface area contributed by atoms with Crippen molar-refractivity contribution in [3.63, 3.8) is 0 Å². The Morgan fingerprint density at radius 1 is 1.67 bits per heavy atom. The molecule has 0 heterocycles. The van der Waals surface area contributed by atoms with E-state index in [9.17, 15) is 4.79 Å². The summed E-state index contributed by atoms with van der Waals surface area (Å²) in [6.07, 6.45) is 3.81. The second-order valence-corrected chi connectivity index (χ2v) is 2.79. The first-order valence-electron chi connectivity index (χ1n) is 4.99. The van der Waals surface area contributed by atoms with E-state index in [0.717, 1.165) is 19.4 Å². The summed E-state index contributed by atoms with van der Waals surface area (Å²) >= 11 is 0. The summed E-state index contributed by atoms with van der Waals surface area (Å²) in [5.74, 6) is 0.0556. The van der Waals surface area contributed by atoms with Gasteiger partial charge >= 0.3 is 0 Å². The molecular formula is C10H19NO. The minimum atomic E-state index is 0.0556. The molecule has 0 rings (SSSR count). The molecule has 2 heteroatoms. The van der Waals surface area contributed by atoms with Crippen molar-refractivity contribution in [2.24, 2.45) is 0 Å². The van der Waals surface area contributed by atoms with Crippen LogP contribution in [0.3, 0.4) is 0 Å². The topological polar surface area (TPSA) is 20.3 Å². The average molecular weight is 170 g/mol. The predicted octanol–water partition coefficient (Wildman–Crippen LogP) is 2.21. The number of unbranched alkanes of at least 4 members (excludes halogenated alkanes) is 1. The van der Waals surface area contributed by atoms with Crippen LogP contribution in [0, 0.1) is 0 Å². The van der Waals surface area contributed by atoms with Crippen molar-refractivity contribution in [3.05, 3.63) is 12.1 Å². The molecule has 0 spiro atoms. The van der Waals surface area contributed by atoms with Gasteiger partial charge in [-0.1, -0.05) is 25.5 Å². The van der Waals surface area contributed by atoms with Gasteiger partial charge in [0.05, 0.1) is 1.37 Å². The lowest BCUT2D eigenvalue weighted by molar-refractivity contribution is -0.128. The number of hydrogen-bond donors (Lipinski definition) is 0. The van der Waals surface area contributed by atoms with Crippen molar-refractivity contribution in [1.82, 2.24) is 4.90 Å². The van der Waals surface area contributed by atoms with Gasteiger partial charge in [0.1, 0.15) is 0 Å². The summed E-state index contributed by atoms with van der Waals surface area (Å²) in [6, 6.07) is 0.506. The molecule has 0 aromatic carbocycles. The van der Waals surface area contributed by atoms with Crippen LogP contribution in [0.1, 0.15) is 35.0 Å². The first-order chi connectivity index (χ1) is 6.11. The first kappa shape index (κ1) is 9.30. The lowest BCUT2D eigenvalue weighted by atomic mass is 10.3. The van der Waals surface area contributed by atoms with E-state index in [0.29, 0.717) is 12.6 Å². The number of carbonyl (C=O) groups is 1. The Morgan fingerprint density at radius 2 is 2.33 bits per heavy atom. The highest BCUT2D eigenvalue weighted by Gasteiger charge is 2.04. The van der Waals surface area contributed by atoms with E-state index >= 15 is 0 Å². The fourth-order valence-electron chi connectivity index (χ4n) is 0.898. The third-order valence-corrected chi connectivity index (χ3v) is 1.71. The van der Waals surface area contributed by atoms with Crippen LogP contribution in [-0.2, 0) is 4.79 Å². The zero-order valence-electron chi connectivity index (χ0n) is 9.26. The van der Waals surface area contributed by atoms with Crippen molar-refractivity contribution in [3.8, 4) is 0 Å². The van der Waals surface area contributed by atoms with Crippen LogP contribution >= 0.6 is 0 Å². The maximum Gasteiger partial charge on any atom is 0.219 e. The number of rotatable bonds is 5. The molecule has 0 saturated carbocycles. The highest BCUT2D eigenvalue weighted by Crippen LogP contribution is 1.95. The molecule has 0 aromatic heterocycles. The molecule has 0 aromatic rings. The third kappa shape index (κ3) is 4.94. The normalized spacial score (nSPS) is 12.6. The predicted molar refractivity (Wildman–Crippen MR) is 52.0 cm³/mol. The van der Waals surface area contributed by atoms with Gasteiger partial charge in [-0.15, -0.1) is 0 Å². The number of nitrogens with zero attached hydrogens (tertiary/aromatic N) is 1. The van der Waals surface area contributed by atoms with Crippen LogP contribution < -0.4 is 0 Å². The molecule has 0 fully saturated rings. The minimum Gasteiger partial charge on any atom is -0.339 e. The third-order valence-electron chi connectivity index (χ3n) is 1.71. The van der Waals surface area contributed by atoms with Gasteiger partial charge in [-0.3, -0.25) is 4.79 Å². The highest BCUT2D eigenvalue weighted by molar-refractivity contribution is 5.73. The first-order valence-corrected chi connectivity index (χ1v) is 4.49. The lowest BCUT2D eigenvalue weighted by Crippen LogP contribution is -2.29. The van der Waals surface area contributed by atoms with Gasteiger partial charge in [0, 0.05) is 20.0 Å². The number of allylic oxidation sites excluding steroid dienone is 1. The summed E-state index contributed by atoms with van der Waals surface area (Å²) in [5, 5.41) is 0. The van der Waals surface area contributed by atoms with Gasteiger partial charge in [0.15, 0.2) is 0 Å². The maximum absolute atomic E-state index is 11.1. The smallest absolute Gasteiger partial charge is 0.219 e. The molecule has 12 heavy (non-hydrogen) atoms. The van der Waals surface area contributed by atoms with Gasteiger partial charge in [0.2, 0.25) is 5.91 Å². The Labute approximate surface area is 76.7 Å². The average Bonchev–Trinajstić information content (AvgIpc) is 2.11. The quantitative estimate of drug-likeness (QED) is 0.579. The second-order valence-electron chi connectivity index (χ2n) is 2.79. The van der Waals surface area contributed by atoms with Crippen LogP contribution in [-0.4, -0.2) is 23.9 Å². The summed E-state index contributed by atoms with van der Waals surface area (Å²) in [4.78, 5) is 12.8. The van der Waals surface area contributed by atoms with Gasteiger partial charge in [-0.25, -0.2) is 0 Å². The van der Waals surface area contributed by atoms with E-state index in [1.54, 1.807) is 17.9 Å². The Morgan fingerprint density at radius 3 is 2.75 bits per heavy atom. The Balaban J connectivity index is 4.02. The van der Waals surface area contributed by atoms with E-state index in [1.165, 1.54) is 0 Å². The van der Waals surface area contributed by atoms with Crippen LogP contribution in [0.2, 0.25) is 0 Å². The lowest BCUT2D eigenvalue weighted by Gasteiger charge is -2.18. The van der Waals surface area contributed by atoms with Gasteiger partial charge in [-0.05, 0) is 13.3 Å². The molecule has 70 valence electrons. The van der Waals surface area contributed by atoms with Gasteiger partial charge < -0.3 is 4.90 Å². The summed E-state index contributed by atoms with van der Waals surface area (Å²) < 4.78 is 7.45. The van der Waals surface area contributed by atoms with Gasteiger partial charge in [0.25, 0.3) is 0 Å². The molecule has 0 radical (unpaired) electrons. The molecule has 0 bridgehead atoms. The molecular weight excluding hydrogens is 150 g/mol. The minimum absolute atomic E-state index is 0.0556. The van der Waals surface area contributed by atoms with Gasteiger partial charge in [-0.2, -0.15) is 0 Å². The van der Waals surface area contributed by atoms with Crippen LogP contribution in [0.15, 0.2) is 12.1 Å². The molecule has 2 nitrogen and oxygen atoms in total. The molecule has 0 unspecified atom stereocenters. The Kier molecular flexibility index (Phi) is 5.34.